The Hall–Kier alpha value is -0.780. The predicted molar refractivity (Wildman–Crippen MR) is 62.7 cm³/mol. The molecule has 1 aliphatic heterocycles. The van der Waals surface area contributed by atoms with Gasteiger partial charge in [0.2, 0.25) is 0 Å². The lowest BCUT2D eigenvalue weighted by Gasteiger charge is -2.20. The molecule has 1 aromatic rings. The number of halogens is 1. The van der Waals surface area contributed by atoms with Crippen molar-refractivity contribution in [1.82, 2.24) is 0 Å². The Bertz CT molecular complexity index is 495. The molecule has 16 heavy (non-hydrogen) atoms. The van der Waals surface area contributed by atoms with E-state index in [4.69, 9.17) is 16.2 Å². The highest BCUT2D eigenvalue weighted by Gasteiger charge is 2.22. The van der Waals surface area contributed by atoms with Gasteiger partial charge in [0.05, 0.1) is 5.69 Å². The second kappa shape index (κ2) is 4.24. The quantitative estimate of drug-likeness (QED) is 0.829. The fraction of sp³-hybridized carbons (Fsp3) is 0.400. The summed E-state index contributed by atoms with van der Waals surface area (Å²) in [6.07, 6.45) is 2.07. The van der Waals surface area contributed by atoms with E-state index in [-0.39, 0.29) is 4.90 Å². The van der Waals surface area contributed by atoms with Crippen LogP contribution < -0.4 is 4.90 Å². The van der Waals surface area contributed by atoms with Crippen LogP contribution in [-0.4, -0.2) is 26.1 Å². The van der Waals surface area contributed by atoms with E-state index in [0.29, 0.717) is 10.7 Å². The van der Waals surface area contributed by atoms with Gasteiger partial charge in [0.1, 0.15) is 4.90 Å². The first kappa shape index (κ1) is 11.7. The maximum Gasteiger partial charge on any atom is 0.296 e. The summed E-state index contributed by atoms with van der Waals surface area (Å²) in [5.41, 5.74) is 0.532. The molecule has 4 nitrogen and oxygen atoms in total. The number of nitrogens with zero attached hydrogens (tertiary/aromatic N) is 1. The van der Waals surface area contributed by atoms with Gasteiger partial charge in [0, 0.05) is 18.1 Å². The third-order valence-corrected chi connectivity index (χ3v) is 3.76. The van der Waals surface area contributed by atoms with Crippen molar-refractivity contribution in [2.45, 2.75) is 17.7 Å². The van der Waals surface area contributed by atoms with Gasteiger partial charge < -0.3 is 4.90 Å². The lowest BCUT2D eigenvalue weighted by molar-refractivity contribution is 0.483. The van der Waals surface area contributed by atoms with E-state index in [0.717, 1.165) is 25.9 Å². The molecule has 88 valence electrons. The highest BCUT2D eigenvalue weighted by Crippen LogP contribution is 2.30. The third-order valence-electron chi connectivity index (χ3n) is 2.65. The van der Waals surface area contributed by atoms with Gasteiger partial charge in [0.15, 0.2) is 0 Å². The molecule has 6 heteroatoms. The second-order valence-electron chi connectivity index (χ2n) is 3.78. The Morgan fingerprint density at radius 3 is 2.44 bits per heavy atom. The van der Waals surface area contributed by atoms with Crippen molar-refractivity contribution in [1.29, 1.82) is 0 Å². The molecule has 0 radical (unpaired) electrons. The maximum atomic E-state index is 11.2. The third kappa shape index (κ3) is 2.31. The molecule has 1 saturated heterocycles. The highest BCUT2D eigenvalue weighted by atomic mass is 35.5. The van der Waals surface area contributed by atoms with Crippen LogP contribution in [0.5, 0.6) is 0 Å². The Morgan fingerprint density at radius 2 is 1.88 bits per heavy atom. The summed E-state index contributed by atoms with van der Waals surface area (Å²) in [7, 11) is -4.22. The largest absolute Gasteiger partial charge is 0.370 e. The van der Waals surface area contributed by atoms with Crippen LogP contribution >= 0.6 is 11.6 Å². The minimum atomic E-state index is -4.22. The first-order valence-electron chi connectivity index (χ1n) is 5.00. The van der Waals surface area contributed by atoms with Crippen molar-refractivity contribution in [3.63, 3.8) is 0 Å². The first-order valence-corrected chi connectivity index (χ1v) is 6.82. The second-order valence-corrected chi connectivity index (χ2v) is 5.61. The average Bonchev–Trinajstić information content (AvgIpc) is 2.69. The van der Waals surface area contributed by atoms with Crippen LogP contribution in [0.3, 0.4) is 0 Å². The highest BCUT2D eigenvalue weighted by molar-refractivity contribution is 7.86. The molecule has 1 aromatic carbocycles. The summed E-state index contributed by atoms with van der Waals surface area (Å²) in [6, 6.07) is 4.55. The summed E-state index contributed by atoms with van der Waals surface area (Å²) >= 11 is 5.74. The van der Waals surface area contributed by atoms with Gasteiger partial charge in [-0.3, -0.25) is 4.55 Å². The zero-order chi connectivity index (χ0) is 11.8. The standard InChI is InChI=1S/C10H12ClNO3S/c11-8-3-4-9(12-5-1-2-6-12)10(7-8)16(13,14)15/h3-4,7H,1-2,5-6H2,(H,13,14,15). The van der Waals surface area contributed by atoms with E-state index in [1.54, 1.807) is 12.1 Å². The van der Waals surface area contributed by atoms with Gasteiger partial charge in [-0.1, -0.05) is 11.6 Å². The lowest BCUT2D eigenvalue weighted by atomic mass is 10.3. The summed E-state index contributed by atoms with van der Waals surface area (Å²) < 4.78 is 31.6. The molecule has 1 heterocycles. The smallest absolute Gasteiger partial charge is 0.296 e. The molecular weight excluding hydrogens is 250 g/mol. The van der Waals surface area contributed by atoms with E-state index in [9.17, 15) is 8.42 Å². The normalized spacial score (nSPS) is 16.8. The van der Waals surface area contributed by atoms with E-state index in [2.05, 4.69) is 0 Å². The van der Waals surface area contributed by atoms with E-state index < -0.39 is 10.1 Å². The van der Waals surface area contributed by atoms with E-state index in [1.165, 1.54) is 6.07 Å². The summed E-state index contributed by atoms with van der Waals surface area (Å²) in [6.45, 7) is 1.62. The molecule has 2 rings (SSSR count). The number of rotatable bonds is 2. The summed E-state index contributed by atoms with van der Waals surface area (Å²) in [5.74, 6) is 0. The number of anilines is 1. The molecule has 0 unspecified atom stereocenters. The molecule has 1 fully saturated rings. The fourth-order valence-electron chi connectivity index (χ4n) is 1.91. The van der Waals surface area contributed by atoms with E-state index >= 15 is 0 Å². The monoisotopic (exact) mass is 261 g/mol. The van der Waals surface area contributed by atoms with Gasteiger partial charge in [-0.25, -0.2) is 0 Å². The number of hydrogen-bond donors (Lipinski definition) is 1. The van der Waals surface area contributed by atoms with Crippen LogP contribution in [0.4, 0.5) is 5.69 Å². The fourth-order valence-corrected chi connectivity index (χ4v) is 2.89. The Morgan fingerprint density at radius 1 is 1.25 bits per heavy atom. The van der Waals surface area contributed by atoms with Gasteiger partial charge in [-0.2, -0.15) is 8.42 Å². The van der Waals surface area contributed by atoms with Gasteiger partial charge >= 0.3 is 0 Å². The minimum absolute atomic E-state index is 0.109. The van der Waals surface area contributed by atoms with Gasteiger partial charge in [-0.15, -0.1) is 0 Å². The topological polar surface area (TPSA) is 57.6 Å². The molecule has 0 atom stereocenters. The SMILES string of the molecule is O=S(=O)(O)c1cc(Cl)ccc1N1CCCC1. The average molecular weight is 262 g/mol. The zero-order valence-corrected chi connectivity index (χ0v) is 10.1. The van der Waals surface area contributed by atoms with Crippen LogP contribution in [0.1, 0.15) is 12.8 Å². The molecule has 0 amide bonds. The molecule has 0 aliphatic carbocycles. The molecule has 1 N–H and O–H groups in total. The molecule has 0 aromatic heterocycles. The number of benzene rings is 1. The van der Waals surface area contributed by atoms with Gasteiger partial charge in [0.25, 0.3) is 10.1 Å². The van der Waals surface area contributed by atoms with Crippen molar-refractivity contribution in [2.75, 3.05) is 18.0 Å². The molecule has 0 spiro atoms. The van der Waals surface area contributed by atoms with Gasteiger partial charge in [-0.05, 0) is 31.0 Å². The zero-order valence-electron chi connectivity index (χ0n) is 8.56. The Kier molecular flexibility index (Phi) is 3.10. The van der Waals surface area contributed by atoms with Crippen LogP contribution in [0, 0.1) is 0 Å². The van der Waals surface area contributed by atoms with Crippen LogP contribution in [0.2, 0.25) is 5.02 Å². The number of hydrogen-bond acceptors (Lipinski definition) is 3. The van der Waals surface area contributed by atoms with E-state index in [1.807, 2.05) is 4.90 Å². The molecule has 1 aliphatic rings. The maximum absolute atomic E-state index is 11.2. The van der Waals surface area contributed by atoms with Crippen molar-refractivity contribution in [2.24, 2.45) is 0 Å². The van der Waals surface area contributed by atoms with Crippen LogP contribution in [-0.2, 0) is 10.1 Å². The predicted octanol–water partition coefficient (Wildman–Crippen LogP) is 2.19. The summed E-state index contributed by atoms with van der Waals surface area (Å²) in [4.78, 5) is 1.83. The van der Waals surface area contributed by atoms with Crippen molar-refractivity contribution < 1.29 is 13.0 Å². The minimum Gasteiger partial charge on any atom is -0.370 e. The lowest BCUT2D eigenvalue weighted by Crippen LogP contribution is -2.20. The molecular formula is C10H12ClNO3S. The van der Waals surface area contributed by atoms with Crippen molar-refractivity contribution in [3.05, 3.63) is 23.2 Å². The van der Waals surface area contributed by atoms with Crippen molar-refractivity contribution >= 4 is 27.4 Å². The Labute approximate surface area is 99.6 Å². The molecule has 0 saturated carbocycles. The first-order chi connectivity index (χ1) is 7.48. The Balaban J connectivity index is 2.52. The van der Waals surface area contributed by atoms with Crippen LogP contribution in [0.15, 0.2) is 23.1 Å². The van der Waals surface area contributed by atoms with Crippen molar-refractivity contribution in [3.8, 4) is 0 Å². The summed E-state index contributed by atoms with van der Waals surface area (Å²) in [5, 5.41) is 0.301. The molecule has 0 bridgehead atoms. The van der Waals surface area contributed by atoms with Crippen LogP contribution in [0.25, 0.3) is 0 Å².